The van der Waals surface area contributed by atoms with Gasteiger partial charge < -0.3 is 10.4 Å². The Hall–Kier alpha value is -2.17. The summed E-state index contributed by atoms with van der Waals surface area (Å²) in [7, 11) is 0. The molecular formula is C22H28N2O2. The third-order valence-corrected chi connectivity index (χ3v) is 5.21. The molecule has 1 amide bonds. The minimum absolute atomic E-state index is 0.0160. The second kappa shape index (κ2) is 8.47. The molecule has 1 atom stereocenters. The molecule has 1 aliphatic rings. The standard InChI is InChI=1S/C22H28N2O2/c1-16(2)20(15-25)23-22(26)19-13-24(14-19)21(17-9-5-3-6-10-17)18-11-7-4-8-12-18/h3-12,16,19-21,25H,13-15H2,1-2H3,(H,23,26)/t20-/m1/s1. The van der Waals surface area contributed by atoms with Crippen LogP contribution in [0.15, 0.2) is 60.7 Å². The highest BCUT2D eigenvalue weighted by Gasteiger charge is 2.38. The molecule has 0 bridgehead atoms. The second-order valence-corrected chi connectivity index (χ2v) is 7.42. The molecule has 0 unspecified atom stereocenters. The van der Waals surface area contributed by atoms with Crippen LogP contribution < -0.4 is 5.32 Å². The van der Waals surface area contributed by atoms with Crippen LogP contribution in [0.2, 0.25) is 0 Å². The summed E-state index contributed by atoms with van der Waals surface area (Å²) in [5.74, 6) is 0.258. The predicted molar refractivity (Wildman–Crippen MR) is 104 cm³/mol. The van der Waals surface area contributed by atoms with Crippen LogP contribution in [0.4, 0.5) is 0 Å². The van der Waals surface area contributed by atoms with Crippen molar-refractivity contribution in [1.82, 2.24) is 10.2 Å². The molecule has 1 fully saturated rings. The van der Waals surface area contributed by atoms with E-state index in [-0.39, 0.29) is 36.4 Å². The Kier molecular flexibility index (Phi) is 6.07. The fourth-order valence-corrected chi connectivity index (χ4v) is 3.50. The van der Waals surface area contributed by atoms with Gasteiger partial charge in [0, 0.05) is 13.1 Å². The molecule has 0 aromatic heterocycles. The average molecular weight is 352 g/mol. The lowest BCUT2D eigenvalue weighted by molar-refractivity contribution is -0.132. The zero-order valence-corrected chi connectivity index (χ0v) is 15.5. The molecule has 0 spiro atoms. The number of nitrogens with one attached hydrogen (secondary N) is 1. The summed E-state index contributed by atoms with van der Waals surface area (Å²) in [6, 6.07) is 20.9. The first kappa shape index (κ1) is 18.6. The molecule has 0 radical (unpaired) electrons. The molecule has 1 saturated heterocycles. The lowest BCUT2D eigenvalue weighted by atomic mass is 9.89. The molecule has 4 nitrogen and oxygen atoms in total. The normalized spacial score (nSPS) is 16.5. The summed E-state index contributed by atoms with van der Waals surface area (Å²) < 4.78 is 0. The van der Waals surface area contributed by atoms with Crippen LogP contribution >= 0.6 is 0 Å². The van der Waals surface area contributed by atoms with Crippen LogP contribution in [0.25, 0.3) is 0 Å². The molecule has 1 heterocycles. The van der Waals surface area contributed by atoms with Gasteiger partial charge in [0.25, 0.3) is 0 Å². The second-order valence-electron chi connectivity index (χ2n) is 7.42. The van der Waals surface area contributed by atoms with Gasteiger partial charge in [0.05, 0.1) is 24.6 Å². The van der Waals surface area contributed by atoms with Crippen molar-refractivity contribution in [2.75, 3.05) is 19.7 Å². The number of aliphatic hydroxyl groups is 1. The first-order valence-corrected chi connectivity index (χ1v) is 9.35. The molecule has 2 aromatic rings. The van der Waals surface area contributed by atoms with Gasteiger partial charge in [-0.15, -0.1) is 0 Å². The van der Waals surface area contributed by atoms with E-state index in [0.29, 0.717) is 0 Å². The maximum atomic E-state index is 12.5. The van der Waals surface area contributed by atoms with Crippen molar-refractivity contribution >= 4 is 5.91 Å². The Morgan fingerprint density at radius 3 is 1.96 bits per heavy atom. The molecule has 3 rings (SSSR count). The molecule has 4 heteroatoms. The van der Waals surface area contributed by atoms with Crippen LogP contribution in [0.1, 0.15) is 31.0 Å². The summed E-state index contributed by atoms with van der Waals surface area (Å²) in [6.07, 6.45) is 0. The van der Waals surface area contributed by atoms with Crippen molar-refractivity contribution in [2.45, 2.75) is 25.9 Å². The minimum atomic E-state index is -0.171. The molecule has 0 saturated carbocycles. The van der Waals surface area contributed by atoms with Gasteiger partial charge in [-0.1, -0.05) is 74.5 Å². The molecule has 2 N–H and O–H groups in total. The van der Waals surface area contributed by atoms with Crippen LogP contribution in [0.3, 0.4) is 0 Å². The molecular weight excluding hydrogens is 324 g/mol. The van der Waals surface area contributed by atoms with Gasteiger partial charge in [-0.05, 0) is 17.0 Å². The maximum Gasteiger partial charge on any atom is 0.226 e. The van der Waals surface area contributed by atoms with Gasteiger partial charge >= 0.3 is 0 Å². The summed E-state index contributed by atoms with van der Waals surface area (Å²) in [6.45, 7) is 5.47. The van der Waals surface area contributed by atoms with Crippen LogP contribution in [0.5, 0.6) is 0 Å². The van der Waals surface area contributed by atoms with Gasteiger partial charge in [0.1, 0.15) is 0 Å². The number of benzene rings is 2. The van der Waals surface area contributed by atoms with Crippen LogP contribution in [-0.4, -0.2) is 41.7 Å². The topological polar surface area (TPSA) is 52.6 Å². The summed E-state index contributed by atoms with van der Waals surface area (Å²) in [5.41, 5.74) is 2.49. The van der Waals surface area contributed by atoms with Crippen molar-refractivity contribution < 1.29 is 9.90 Å². The number of hydrogen-bond acceptors (Lipinski definition) is 3. The predicted octanol–water partition coefficient (Wildman–Crippen LogP) is 2.84. The third-order valence-electron chi connectivity index (χ3n) is 5.21. The monoisotopic (exact) mass is 352 g/mol. The molecule has 138 valence electrons. The Morgan fingerprint density at radius 1 is 1.04 bits per heavy atom. The van der Waals surface area contributed by atoms with E-state index in [1.807, 2.05) is 26.0 Å². The van der Waals surface area contributed by atoms with E-state index in [9.17, 15) is 9.90 Å². The zero-order chi connectivity index (χ0) is 18.5. The summed E-state index contributed by atoms with van der Waals surface area (Å²) >= 11 is 0. The lowest BCUT2D eigenvalue weighted by Gasteiger charge is -2.44. The quantitative estimate of drug-likeness (QED) is 0.806. The van der Waals surface area contributed by atoms with Crippen molar-refractivity contribution in [3.05, 3.63) is 71.8 Å². The molecule has 2 aromatic carbocycles. The maximum absolute atomic E-state index is 12.5. The molecule has 26 heavy (non-hydrogen) atoms. The largest absolute Gasteiger partial charge is 0.394 e. The highest BCUT2D eigenvalue weighted by molar-refractivity contribution is 5.80. The fourth-order valence-electron chi connectivity index (χ4n) is 3.50. The van der Waals surface area contributed by atoms with Crippen LogP contribution in [-0.2, 0) is 4.79 Å². The van der Waals surface area contributed by atoms with Gasteiger partial charge in [-0.25, -0.2) is 0 Å². The number of carbonyl (C=O) groups is 1. The van der Waals surface area contributed by atoms with Crippen molar-refractivity contribution in [1.29, 1.82) is 0 Å². The van der Waals surface area contributed by atoms with E-state index in [2.05, 4.69) is 58.7 Å². The number of aliphatic hydroxyl groups excluding tert-OH is 1. The van der Waals surface area contributed by atoms with Gasteiger partial charge in [0.2, 0.25) is 5.91 Å². The van der Waals surface area contributed by atoms with Crippen molar-refractivity contribution in [2.24, 2.45) is 11.8 Å². The number of likely N-dealkylation sites (tertiary alicyclic amines) is 1. The Morgan fingerprint density at radius 2 is 1.54 bits per heavy atom. The molecule has 0 aliphatic carbocycles. The SMILES string of the molecule is CC(C)[C@@H](CO)NC(=O)C1CN(C(c2ccccc2)c2ccccc2)C1. The Labute approximate surface area is 155 Å². The smallest absolute Gasteiger partial charge is 0.226 e. The highest BCUT2D eigenvalue weighted by atomic mass is 16.3. The minimum Gasteiger partial charge on any atom is -0.394 e. The van der Waals surface area contributed by atoms with E-state index in [1.165, 1.54) is 11.1 Å². The van der Waals surface area contributed by atoms with Crippen molar-refractivity contribution in [3.63, 3.8) is 0 Å². The van der Waals surface area contributed by atoms with Crippen LogP contribution in [0, 0.1) is 11.8 Å². The van der Waals surface area contributed by atoms with E-state index in [1.54, 1.807) is 0 Å². The number of carbonyl (C=O) groups excluding carboxylic acids is 1. The Balaban J connectivity index is 1.69. The van der Waals surface area contributed by atoms with E-state index in [0.717, 1.165) is 13.1 Å². The van der Waals surface area contributed by atoms with E-state index < -0.39 is 0 Å². The van der Waals surface area contributed by atoms with E-state index in [4.69, 9.17) is 0 Å². The first-order chi connectivity index (χ1) is 12.6. The number of amides is 1. The highest BCUT2D eigenvalue weighted by Crippen LogP contribution is 2.34. The van der Waals surface area contributed by atoms with E-state index >= 15 is 0 Å². The first-order valence-electron chi connectivity index (χ1n) is 9.35. The van der Waals surface area contributed by atoms with Gasteiger partial charge in [-0.3, -0.25) is 9.69 Å². The summed E-state index contributed by atoms with van der Waals surface area (Å²) in [5, 5.41) is 12.4. The average Bonchev–Trinajstić information content (AvgIpc) is 2.63. The zero-order valence-electron chi connectivity index (χ0n) is 15.5. The Bertz CT molecular complexity index is 657. The number of rotatable bonds is 7. The number of hydrogen-bond donors (Lipinski definition) is 2. The fraction of sp³-hybridized carbons (Fsp3) is 0.409. The third kappa shape index (κ3) is 4.14. The van der Waals surface area contributed by atoms with Gasteiger partial charge in [0.15, 0.2) is 0 Å². The number of nitrogens with zero attached hydrogens (tertiary/aromatic N) is 1. The lowest BCUT2D eigenvalue weighted by Crippen LogP contribution is -2.57. The summed E-state index contributed by atoms with van der Waals surface area (Å²) in [4.78, 5) is 14.8. The van der Waals surface area contributed by atoms with Gasteiger partial charge in [-0.2, -0.15) is 0 Å². The molecule has 1 aliphatic heterocycles. The van der Waals surface area contributed by atoms with Crippen molar-refractivity contribution in [3.8, 4) is 0 Å².